The van der Waals surface area contributed by atoms with Crippen LogP contribution in [-0.4, -0.2) is 29.9 Å². The van der Waals surface area contributed by atoms with Crippen molar-refractivity contribution in [1.82, 2.24) is 4.90 Å². The second-order valence-electron chi connectivity index (χ2n) is 6.46. The Bertz CT molecular complexity index is 479. The van der Waals surface area contributed by atoms with Gasteiger partial charge in [-0.05, 0) is 44.1 Å². The van der Waals surface area contributed by atoms with E-state index in [4.69, 9.17) is 5.73 Å². The van der Waals surface area contributed by atoms with Crippen molar-refractivity contribution < 1.29 is 4.79 Å². The normalized spacial score (nSPS) is 26.1. The highest BCUT2D eigenvalue weighted by Crippen LogP contribution is 2.49. The largest absolute Gasteiger partial charge is 0.342 e. The van der Waals surface area contributed by atoms with E-state index in [1.54, 1.807) is 0 Å². The Morgan fingerprint density at radius 1 is 1.35 bits per heavy atom. The van der Waals surface area contributed by atoms with Crippen LogP contribution in [0.3, 0.4) is 0 Å². The summed E-state index contributed by atoms with van der Waals surface area (Å²) in [6.07, 6.45) is 4.23. The minimum atomic E-state index is -0.221. The molecule has 1 aliphatic carbocycles. The Morgan fingerprint density at radius 3 is 2.65 bits per heavy atom. The number of likely N-dealkylation sites (tertiary alicyclic amines) is 1. The monoisotopic (exact) mass is 272 g/mol. The fraction of sp³-hybridized carbons (Fsp3) is 0.588. The number of rotatable bonds is 3. The van der Waals surface area contributed by atoms with Crippen LogP contribution < -0.4 is 5.73 Å². The van der Waals surface area contributed by atoms with Gasteiger partial charge in [-0.1, -0.05) is 30.3 Å². The summed E-state index contributed by atoms with van der Waals surface area (Å²) in [5, 5.41) is 0. The van der Waals surface area contributed by atoms with Crippen LogP contribution in [0.25, 0.3) is 0 Å². The molecule has 2 aliphatic rings. The van der Waals surface area contributed by atoms with Crippen molar-refractivity contribution >= 4 is 5.91 Å². The van der Waals surface area contributed by atoms with Gasteiger partial charge in [-0.25, -0.2) is 0 Å². The number of nitrogens with two attached hydrogens (primary N) is 1. The molecule has 3 rings (SSSR count). The standard InChI is InChI=1S/C17H24N2O/c1-13(18)14-6-5-11-19(12-14)16(20)17(9-10-17)15-7-3-2-4-8-15/h2-4,7-8,13-14H,5-6,9-12,18H2,1H3. The molecule has 3 nitrogen and oxygen atoms in total. The molecule has 1 aromatic rings. The number of hydrogen-bond acceptors (Lipinski definition) is 2. The predicted octanol–water partition coefficient (Wildman–Crippen LogP) is 2.30. The SMILES string of the molecule is CC(N)C1CCCN(C(=O)C2(c3ccccc3)CC2)C1. The van der Waals surface area contributed by atoms with Crippen molar-refractivity contribution in [2.75, 3.05) is 13.1 Å². The minimum absolute atomic E-state index is 0.178. The average Bonchev–Trinajstić information content (AvgIpc) is 3.29. The number of carbonyl (C=O) groups excluding carboxylic acids is 1. The van der Waals surface area contributed by atoms with Gasteiger partial charge < -0.3 is 10.6 Å². The first-order chi connectivity index (χ1) is 9.63. The van der Waals surface area contributed by atoms with Crippen LogP contribution in [0.2, 0.25) is 0 Å². The van der Waals surface area contributed by atoms with Crippen LogP contribution in [0.15, 0.2) is 30.3 Å². The van der Waals surface area contributed by atoms with Crippen LogP contribution in [0.5, 0.6) is 0 Å². The Kier molecular flexibility index (Phi) is 3.55. The zero-order chi connectivity index (χ0) is 14.2. The molecule has 2 N–H and O–H groups in total. The van der Waals surface area contributed by atoms with Gasteiger partial charge in [-0.15, -0.1) is 0 Å². The van der Waals surface area contributed by atoms with Crippen LogP contribution >= 0.6 is 0 Å². The van der Waals surface area contributed by atoms with Crippen LogP contribution in [0.1, 0.15) is 38.2 Å². The molecule has 1 aliphatic heterocycles. The lowest BCUT2D eigenvalue weighted by atomic mass is 9.89. The van der Waals surface area contributed by atoms with Gasteiger partial charge in [0.15, 0.2) is 0 Å². The second kappa shape index (κ2) is 5.21. The van der Waals surface area contributed by atoms with E-state index in [9.17, 15) is 4.79 Å². The first-order valence-corrected chi connectivity index (χ1v) is 7.74. The summed E-state index contributed by atoms with van der Waals surface area (Å²) in [6.45, 7) is 3.80. The lowest BCUT2D eigenvalue weighted by Crippen LogP contribution is -2.48. The number of carbonyl (C=O) groups is 1. The Hall–Kier alpha value is -1.35. The molecule has 1 amide bonds. The molecule has 2 fully saturated rings. The molecule has 20 heavy (non-hydrogen) atoms. The van der Waals surface area contributed by atoms with Gasteiger partial charge in [-0.3, -0.25) is 4.79 Å². The lowest BCUT2D eigenvalue weighted by molar-refractivity contribution is -0.135. The summed E-state index contributed by atoms with van der Waals surface area (Å²) in [5.74, 6) is 0.785. The van der Waals surface area contributed by atoms with E-state index >= 15 is 0 Å². The minimum Gasteiger partial charge on any atom is -0.342 e. The molecular weight excluding hydrogens is 248 g/mol. The van der Waals surface area contributed by atoms with Crippen LogP contribution in [0, 0.1) is 5.92 Å². The van der Waals surface area contributed by atoms with E-state index in [-0.39, 0.29) is 11.5 Å². The molecule has 1 saturated heterocycles. The fourth-order valence-electron chi connectivity index (χ4n) is 3.43. The third-order valence-corrected chi connectivity index (χ3v) is 4.97. The average molecular weight is 272 g/mol. The molecule has 0 aromatic heterocycles. The zero-order valence-electron chi connectivity index (χ0n) is 12.2. The Balaban J connectivity index is 1.76. The van der Waals surface area contributed by atoms with Gasteiger partial charge in [0.05, 0.1) is 5.41 Å². The van der Waals surface area contributed by atoms with Gasteiger partial charge in [0, 0.05) is 19.1 Å². The number of hydrogen-bond donors (Lipinski definition) is 1. The summed E-state index contributed by atoms with van der Waals surface area (Å²) < 4.78 is 0. The smallest absolute Gasteiger partial charge is 0.233 e. The number of nitrogens with zero attached hydrogens (tertiary/aromatic N) is 1. The maximum absolute atomic E-state index is 12.9. The van der Waals surface area contributed by atoms with E-state index in [1.807, 2.05) is 18.2 Å². The molecule has 108 valence electrons. The number of amides is 1. The highest BCUT2D eigenvalue weighted by Gasteiger charge is 2.53. The van der Waals surface area contributed by atoms with Crippen LogP contribution in [-0.2, 0) is 10.2 Å². The Morgan fingerprint density at radius 2 is 2.05 bits per heavy atom. The maximum atomic E-state index is 12.9. The fourth-order valence-corrected chi connectivity index (χ4v) is 3.43. The van der Waals surface area contributed by atoms with Gasteiger partial charge in [-0.2, -0.15) is 0 Å². The summed E-state index contributed by atoms with van der Waals surface area (Å²) in [4.78, 5) is 15.0. The highest BCUT2D eigenvalue weighted by atomic mass is 16.2. The lowest BCUT2D eigenvalue weighted by Gasteiger charge is -2.36. The third kappa shape index (κ3) is 2.35. The highest BCUT2D eigenvalue weighted by molar-refractivity contribution is 5.91. The van der Waals surface area contributed by atoms with E-state index in [1.165, 1.54) is 5.56 Å². The van der Waals surface area contributed by atoms with Gasteiger partial charge in [0.2, 0.25) is 5.91 Å². The molecule has 2 atom stereocenters. The van der Waals surface area contributed by atoms with Crippen molar-refractivity contribution in [3.05, 3.63) is 35.9 Å². The van der Waals surface area contributed by atoms with E-state index in [2.05, 4.69) is 24.0 Å². The molecule has 1 saturated carbocycles. The predicted molar refractivity (Wildman–Crippen MR) is 80.3 cm³/mol. The molecule has 0 bridgehead atoms. The molecule has 0 radical (unpaired) electrons. The van der Waals surface area contributed by atoms with Crippen molar-refractivity contribution in [2.24, 2.45) is 11.7 Å². The molecule has 1 heterocycles. The molecule has 2 unspecified atom stereocenters. The van der Waals surface area contributed by atoms with Crippen molar-refractivity contribution in [1.29, 1.82) is 0 Å². The van der Waals surface area contributed by atoms with Gasteiger partial charge in [0.25, 0.3) is 0 Å². The summed E-state index contributed by atoms with van der Waals surface area (Å²) in [7, 11) is 0. The van der Waals surface area contributed by atoms with Crippen molar-refractivity contribution in [3.63, 3.8) is 0 Å². The summed E-state index contributed by atoms with van der Waals surface area (Å²) in [5.41, 5.74) is 6.99. The van der Waals surface area contributed by atoms with E-state index in [0.717, 1.165) is 38.8 Å². The van der Waals surface area contributed by atoms with E-state index in [0.29, 0.717) is 11.8 Å². The molecular formula is C17H24N2O. The van der Waals surface area contributed by atoms with Gasteiger partial charge in [0.1, 0.15) is 0 Å². The Labute approximate surface area is 121 Å². The van der Waals surface area contributed by atoms with Gasteiger partial charge >= 0.3 is 0 Å². The summed E-state index contributed by atoms with van der Waals surface area (Å²) >= 11 is 0. The first-order valence-electron chi connectivity index (χ1n) is 7.74. The third-order valence-electron chi connectivity index (χ3n) is 4.97. The van der Waals surface area contributed by atoms with Crippen molar-refractivity contribution in [2.45, 2.75) is 44.1 Å². The molecule has 3 heteroatoms. The topological polar surface area (TPSA) is 46.3 Å². The zero-order valence-corrected chi connectivity index (χ0v) is 12.2. The van der Waals surface area contributed by atoms with Crippen LogP contribution in [0.4, 0.5) is 0 Å². The quantitative estimate of drug-likeness (QED) is 0.917. The first kappa shape index (κ1) is 13.6. The van der Waals surface area contributed by atoms with E-state index < -0.39 is 0 Å². The van der Waals surface area contributed by atoms with Crippen molar-refractivity contribution in [3.8, 4) is 0 Å². The molecule has 0 spiro atoms. The number of benzene rings is 1. The molecule has 1 aromatic carbocycles. The summed E-state index contributed by atoms with van der Waals surface area (Å²) in [6, 6.07) is 10.4. The second-order valence-corrected chi connectivity index (χ2v) is 6.46. The maximum Gasteiger partial charge on any atom is 0.233 e. The number of piperidine rings is 1.